The monoisotopic (exact) mass is 320 g/mol. The highest BCUT2D eigenvalue weighted by Gasteiger charge is 2.31. The molecule has 0 radical (unpaired) electrons. The average Bonchev–Trinajstić information content (AvgIpc) is 2.79. The topological polar surface area (TPSA) is 101 Å². The van der Waals surface area contributed by atoms with Crippen LogP contribution in [0.15, 0.2) is 24.5 Å². The highest BCUT2D eigenvalue weighted by molar-refractivity contribution is 6.36. The van der Waals surface area contributed by atoms with Crippen molar-refractivity contribution in [3.63, 3.8) is 0 Å². The molecule has 2 aromatic heterocycles. The normalized spacial score (nSPS) is 13.8. The van der Waals surface area contributed by atoms with E-state index in [4.69, 9.17) is 22.4 Å². The van der Waals surface area contributed by atoms with Crippen LogP contribution in [-0.4, -0.2) is 38.1 Å². The Kier molecular flexibility index (Phi) is 3.50. The van der Waals surface area contributed by atoms with Gasteiger partial charge < -0.3 is 20.3 Å². The zero-order valence-electron chi connectivity index (χ0n) is 11.5. The number of hydrogen-bond donors (Lipinski definition) is 2. The van der Waals surface area contributed by atoms with Gasteiger partial charge in [-0.05, 0) is 12.1 Å². The Bertz CT molecular complexity index is 757. The molecule has 22 heavy (non-hydrogen) atoms. The van der Waals surface area contributed by atoms with Crippen LogP contribution in [0.2, 0.25) is 5.02 Å². The number of halogens is 1. The lowest BCUT2D eigenvalue weighted by atomic mass is 10.1. The summed E-state index contributed by atoms with van der Waals surface area (Å²) < 4.78 is 1.85. The molecule has 1 aliphatic heterocycles. The summed E-state index contributed by atoms with van der Waals surface area (Å²) >= 11 is 6.36. The maximum absolute atomic E-state index is 11.8. The van der Waals surface area contributed by atoms with E-state index in [-0.39, 0.29) is 17.1 Å². The highest BCUT2D eigenvalue weighted by atomic mass is 35.5. The van der Waals surface area contributed by atoms with Crippen LogP contribution in [-0.2, 0) is 13.1 Å². The molecule has 2 amide bonds. The molecule has 0 spiro atoms. The van der Waals surface area contributed by atoms with E-state index in [1.165, 1.54) is 4.90 Å². The molecule has 114 valence electrons. The van der Waals surface area contributed by atoms with Crippen LogP contribution in [0, 0.1) is 0 Å². The zero-order chi connectivity index (χ0) is 15.9. The van der Waals surface area contributed by atoms with Crippen LogP contribution in [0.3, 0.4) is 0 Å². The smallest absolute Gasteiger partial charge is 0.407 e. The second-order valence-electron chi connectivity index (χ2n) is 4.95. The summed E-state index contributed by atoms with van der Waals surface area (Å²) in [6.45, 7) is 0.797. The number of hydrogen-bond acceptors (Lipinski definition) is 3. The van der Waals surface area contributed by atoms with Gasteiger partial charge in [-0.2, -0.15) is 0 Å². The number of carboxylic acid groups (broad SMARTS) is 1. The Balaban J connectivity index is 2.20. The van der Waals surface area contributed by atoms with Gasteiger partial charge >= 0.3 is 6.09 Å². The third-order valence-corrected chi connectivity index (χ3v) is 4.07. The Morgan fingerprint density at radius 3 is 2.73 bits per heavy atom. The Morgan fingerprint density at radius 1 is 1.36 bits per heavy atom. The summed E-state index contributed by atoms with van der Waals surface area (Å²) in [6, 6.07) is 3.60. The van der Waals surface area contributed by atoms with Gasteiger partial charge in [0.1, 0.15) is 0 Å². The zero-order valence-corrected chi connectivity index (χ0v) is 12.2. The molecule has 3 heterocycles. The molecule has 0 aliphatic carbocycles. The second-order valence-corrected chi connectivity index (χ2v) is 5.32. The number of nitrogens with zero attached hydrogens (tertiary/aromatic N) is 3. The quantitative estimate of drug-likeness (QED) is 0.880. The minimum absolute atomic E-state index is 0.0770. The SMILES string of the molecule is NC(=O)c1c(Cl)c(-c2cccnc2)n2c1CN(C(=O)O)CC2. The van der Waals surface area contributed by atoms with E-state index < -0.39 is 12.0 Å². The number of aromatic nitrogens is 2. The van der Waals surface area contributed by atoms with Gasteiger partial charge in [0.2, 0.25) is 0 Å². The molecule has 7 nitrogen and oxygen atoms in total. The second kappa shape index (κ2) is 5.34. The molecule has 0 bridgehead atoms. The summed E-state index contributed by atoms with van der Waals surface area (Å²) in [4.78, 5) is 28.2. The van der Waals surface area contributed by atoms with Crippen molar-refractivity contribution in [2.45, 2.75) is 13.1 Å². The maximum atomic E-state index is 11.8. The summed E-state index contributed by atoms with van der Waals surface area (Å²) in [5.41, 5.74) is 7.52. The van der Waals surface area contributed by atoms with Crippen LogP contribution >= 0.6 is 11.6 Å². The van der Waals surface area contributed by atoms with E-state index >= 15 is 0 Å². The molecule has 8 heteroatoms. The standard InChI is InChI=1S/C14H13ClN4O3/c15-11-10(13(16)20)9-7-18(14(21)22)4-5-19(9)12(11)8-2-1-3-17-6-8/h1-3,6H,4-5,7H2,(H2,16,20)(H,21,22). The Morgan fingerprint density at radius 2 is 2.14 bits per heavy atom. The number of carbonyl (C=O) groups is 2. The number of amides is 2. The fraction of sp³-hybridized carbons (Fsp3) is 0.214. The van der Waals surface area contributed by atoms with E-state index in [1.54, 1.807) is 18.5 Å². The van der Waals surface area contributed by atoms with Crippen molar-refractivity contribution in [1.82, 2.24) is 14.5 Å². The first-order valence-corrected chi connectivity index (χ1v) is 6.97. The number of rotatable bonds is 2. The molecule has 0 unspecified atom stereocenters. The maximum Gasteiger partial charge on any atom is 0.407 e. The van der Waals surface area contributed by atoms with Crippen molar-refractivity contribution in [2.75, 3.05) is 6.54 Å². The van der Waals surface area contributed by atoms with Crippen molar-refractivity contribution in [3.8, 4) is 11.3 Å². The Hall–Kier alpha value is -2.54. The summed E-state index contributed by atoms with van der Waals surface area (Å²) in [7, 11) is 0. The summed E-state index contributed by atoms with van der Waals surface area (Å²) in [6.07, 6.45) is 2.24. The van der Waals surface area contributed by atoms with Crippen molar-refractivity contribution in [1.29, 1.82) is 0 Å². The number of fused-ring (bicyclic) bond motifs is 1. The molecule has 1 aliphatic rings. The number of pyridine rings is 1. The minimum atomic E-state index is -1.04. The molecule has 0 aromatic carbocycles. The number of nitrogens with two attached hydrogens (primary N) is 1. The number of primary amides is 1. The summed E-state index contributed by atoms with van der Waals surface area (Å²) in [5.74, 6) is -0.670. The molecule has 2 aromatic rings. The van der Waals surface area contributed by atoms with Crippen molar-refractivity contribution in [2.24, 2.45) is 5.73 Å². The van der Waals surface area contributed by atoms with Gasteiger partial charge in [-0.25, -0.2) is 4.79 Å². The predicted octanol–water partition coefficient (Wildman–Crippen LogP) is 1.80. The molecule has 3 rings (SSSR count). The molecule has 0 saturated carbocycles. The third kappa shape index (κ3) is 2.19. The predicted molar refractivity (Wildman–Crippen MR) is 79.6 cm³/mol. The fourth-order valence-corrected chi connectivity index (χ4v) is 3.14. The first-order valence-electron chi connectivity index (χ1n) is 6.59. The first-order chi connectivity index (χ1) is 10.5. The number of carbonyl (C=O) groups excluding carboxylic acids is 1. The third-order valence-electron chi connectivity index (χ3n) is 3.70. The Labute approximate surface area is 130 Å². The van der Waals surface area contributed by atoms with Crippen LogP contribution in [0.5, 0.6) is 0 Å². The van der Waals surface area contributed by atoms with Gasteiger partial charge in [0.15, 0.2) is 0 Å². The molecule has 0 saturated heterocycles. The fourth-order valence-electron chi connectivity index (χ4n) is 2.72. The van der Waals surface area contributed by atoms with Gasteiger partial charge in [-0.3, -0.25) is 9.78 Å². The van der Waals surface area contributed by atoms with E-state index in [1.807, 2.05) is 10.6 Å². The van der Waals surface area contributed by atoms with Crippen molar-refractivity contribution >= 4 is 23.6 Å². The van der Waals surface area contributed by atoms with Crippen LogP contribution in [0.1, 0.15) is 16.1 Å². The van der Waals surface area contributed by atoms with Crippen LogP contribution in [0.4, 0.5) is 4.79 Å². The van der Waals surface area contributed by atoms with Crippen molar-refractivity contribution in [3.05, 3.63) is 40.8 Å². The van der Waals surface area contributed by atoms with E-state index in [9.17, 15) is 9.59 Å². The highest BCUT2D eigenvalue weighted by Crippen LogP contribution is 2.37. The van der Waals surface area contributed by atoms with Crippen LogP contribution in [0.25, 0.3) is 11.3 Å². The lowest BCUT2D eigenvalue weighted by Gasteiger charge is -2.27. The van der Waals surface area contributed by atoms with Gasteiger partial charge in [-0.15, -0.1) is 0 Å². The molecule has 0 atom stereocenters. The van der Waals surface area contributed by atoms with E-state index in [2.05, 4.69) is 4.98 Å². The first kappa shape index (κ1) is 14.4. The van der Waals surface area contributed by atoms with E-state index in [0.717, 1.165) is 5.56 Å². The largest absolute Gasteiger partial charge is 0.465 e. The van der Waals surface area contributed by atoms with Gasteiger partial charge in [-0.1, -0.05) is 11.6 Å². The molecular formula is C14H13ClN4O3. The molecule has 3 N–H and O–H groups in total. The molecule has 0 fully saturated rings. The lowest BCUT2D eigenvalue weighted by Crippen LogP contribution is -2.38. The van der Waals surface area contributed by atoms with Crippen molar-refractivity contribution < 1.29 is 14.7 Å². The van der Waals surface area contributed by atoms with Gasteiger partial charge in [0, 0.05) is 31.0 Å². The lowest BCUT2D eigenvalue weighted by molar-refractivity contribution is 0.0993. The average molecular weight is 321 g/mol. The van der Waals surface area contributed by atoms with E-state index in [0.29, 0.717) is 24.5 Å². The van der Waals surface area contributed by atoms with Gasteiger partial charge in [0.05, 0.1) is 28.5 Å². The summed E-state index contributed by atoms with van der Waals surface area (Å²) in [5, 5.41) is 9.38. The molecular weight excluding hydrogens is 308 g/mol. The van der Waals surface area contributed by atoms with Crippen LogP contribution < -0.4 is 5.73 Å². The minimum Gasteiger partial charge on any atom is -0.465 e. The van der Waals surface area contributed by atoms with Gasteiger partial charge in [0.25, 0.3) is 5.91 Å².